The Morgan fingerprint density at radius 1 is 1.42 bits per heavy atom. The Morgan fingerprint density at radius 2 is 2.05 bits per heavy atom. The number of aliphatic hydroxyl groups excluding tert-OH is 1. The maximum Gasteiger partial charge on any atom is 0.293 e. The summed E-state index contributed by atoms with van der Waals surface area (Å²) < 4.78 is 0.671. The molecule has 0 aliphatic heterocycles. The first-order chi connectivity index (χ1) is 8.98. The number of hydrogen-bond donors (Lipinski definition) is 2. The van der Waals surface area contributed by atoms with Gasteiger partial charge in [0.05, 0.1) is 11.5 Å². The van der Waals surface area contributed by atoms with Crippen LogP contribution in [0.3, 0.4) is 0 Å². The van der Waals surface area contributed by atoms with Crippen molar-refractivity contribution in [2.24, 2.45) is 5.41 Å². The zero-order chi connectivity index (χ0) is 14.5. The van der Waals surface area contributed by atoms with E-state index in [1.54, 1.807) is 12.1 Å². The zero-order valence-corrected chi connectivity index (χ0v) is 12.7. The lowest BCUT2D eigenvalue weighted by molar-refractivity contribution is -0.384. The predicted molar refractivity (Wildman–Crippen MR) is 79.4 cm³/mol. The van der Waals surface area contributed by atoms with E-state index in [1.807, 2.05) is 13.8 Å². The highest BCUT2D eigenvalue weighted by Crippen LogP contribution is 2.31. The fourth-order valence-electron chi connectivity index (χ4n) is 1.87. The second-order valence-electron chi connectivity index (χ2n) is 4.64. The molecule has 19 heavy (non-hydrogen) atoms. The van der Waals surface area contributed by atoms with Crippen molar-refractivity contribution >= 4 is 27.3 Å². The van der Waals surface area contributed by atoms with Crippen molar-refractivity contribution in [2.45, 2.75) is 26.7 Å². The van der Waals surface area contributed by atoms with E-state index in [1.165, 1.54) is 6.07 Å². The smallest absolute Gasteiger partial charge is 0.293 e. The number of benzene rings is 1. The molecule has 0 spiro atoms. The summed E-state index contributed by atoms with van der Waals surface area (Å²) in [5.41, 5.74) is 0.280. The molecule has 0 bridgehead atoms. The van der Waals surface area contributed by atoms with Gasteiger partial charge in [-0.05, 0) is 25.0 Å². The number of aliphatic hydroxyl groups is 1. The molecule has 0 aliphatic rings. The molecule has 0 radical (unpaired) electrons. The first-order valence-electron chi connectivity index (χ1n) is 6.26. The van der Waals surface area contributed by atoms with E-state index in [-0.39, 0.29) is 17.7 Å². The average Bonchev–Trinajstić information content (AvgIpc) is 2.42. The molecule has 106 valence electrons. The van der Waals surface area contributed by atoms with Crippen LogP contribution in [0.25, 0.3) is 0 Å². The van der Waals surface area contributed by atoms with E-state index in [0.29, 0.717) is 16.7 Å². The Balaban J connectivity index is 2.91. The van der Waals surface area contributed by atoms with Gasteiger partial charge in [-0.3, -0.25) is 10.1 Å². The molecule has 6 heteroatoms. The van der Waals surface area contributed by atoms with Crippen molar-refractivity contribution in [2.75, 3.05) is 18.5 Å². The van der Waals surface area contributed by atoms with Crippen LogP contribution in [0.1, 0.15) is 26.7 Å². The van der Waals surface area contributed by atoms with Gasteiger partial charge in [-0.15, -0.1) is 0 Å². The lowest BCUT2D eigenvalue weighted by atomic mass is 9.83. The van der Waals surface area contributed by atoms with Gasteiger partial charge in [-0.2, -0.15) is 0 Å². The van der Waals surface area contributed by atoms with Gasteiger partial charge in [-0.25, -0.2) is 0 Å². The van der Waals surface area contributed by atoms with Crippen LogP contribution in [0.4, 0.5) is 11.4 Å². The van der Waals surface area contributed by atoms with Crippen molar-refractivity contribution in [3.8, 4) is 0 Å². The summed E-state index contributed by atoms with van der Waals surface area (Å²) in [7, 11) is 0. The highest BCUT2D eigenvalue weighted by Gasteiger charge is 2.26. The van der Waals surface area contributed by atoms with Crippen LogP contribution in [0.2, 0.25) is 0 Å². The molecule has 0 fully saturated rings. The Bertz CT molecular complexity index is 439. The molecule has 0 aliphatic carbocycles. The molecule has 0 saturated heterocycles. The fourth-order valence-corrected chi connectivity index (χ4v) is 2.22. The minimum absolute atomic E-state index is 0.0356. The number of nitrogens with zero attached hydrogens (tertiary/aromatic N) is 1. The van der Waals surface area contributed by atoms with Crippen molar-refractivity contribution in [1.82, 2.24) is 0 Å². The molecule has 0 unspecified atom stereocenters. The van der Waals surface area contributed by atoms with Crippen LogP contribution in [-0.4, -0.2) is 23.2 Å². The van der Waals surface area contributed by atoms with E-state index in [4.69, 9.17) is 0 Å². The van der Waals surface area contributed by atoms with Crippen molar-refractivity contribution in [3.05, 3.63) is 32.8 Å². The van der Waals surface area contributed by atoms with E-state index in [2.05, 4.69) is 21.2 Å². The first kappa shape index (κ1) is 15.9. The highest BCUT2D eigenvalue weighted by molar-refractivity contribution is 9.10. The third-order valence-electron chi connectivity index (χ3n) is 3.65. The van der Waals surface area contributed by atoms with E-state index in [0.717, 1.165) is 12.8 Å². The van der Waals surface area contributed by atoms with Gasteiger partial charge in [0, 0.05) is 22.5 Å². The third-order valence-corrected chi connectivity index (χ3v) is 4.14. The first-order valence-corrected chi connectivity index (χ1v) is 7.06. The average molecular weight is 331 g/mol. The van der Waals surface area contributed by atoms with Crippen LogP contribution in [0.15, 0.2) is 22.7 Å². The Morgan fingerprint density at radius 3 is 2.53 bits per heavy atom. The van der Waals surface area contributed by atoms with Crippen LogP contribution >= 0.6 is 15.9 Å². The molecule has 0 atom stereocenters. The fraction of sp³-hybridized carbons (Fsp3) is 0.538. The Kier molecular flexibility index (Phi) is 5.75. The number of nitro benzene ring substituents is 1. The van der Waals surface area contributed by atoms with Crippen LogP contribution in [0, 0.1) is 15.5 Å². The van der Waals surface area contributed by atoms with Gasteiger partial charge in [0.15, 0.2) is 0 Å². The second kappa shape index (κ2) is 6.86. The lowest BCUT2D eigenvalue weighted by Crippen LogP contribution is -2.32. The summed E-state index contributed by atoms with van der Waals surface area (Å²) in [6, 6.07) is 4.91. The molecule has 0 aromatic heterocycles. The van der Waals surface area contributed by atoms with Crippen molar-refractivity contribution in [3.63, 3.8) is 0 Å². The van der Waals surface area contributed by atoms with Gasteiger partial charge in [0.1, 0.15) is 5.69 Å². The van der Waals surface area contributed by atoms with Gasteiger partial charge in [0.25, 0.3) is 5.69 Å². The lowest BCUT2D eigenvalue weighted by Gasteiger charge is -2.29. The third kappa shape index (κ3) is 3.91. The number of rotatable bonds is 7. The maximum absolute atomic E-state index is 11.0. The van der Waals surface area contributed by atoms with Crippen molar-refractivity contribution < 1.29 is 10.0 Å². The Hall–Kier alpha value is -1.14. The molecule has 1 rings (SSSR count). The summed E-state index contributed by atoms with van der Waals surface area (Å²) in [6.07, 6.45) is 1.63. The van der Waals surface area contributed by atoms with Gasteiger partial charge < -0.3 is 10.4 Å². The summed E-state index contributed by atoms with van der Waals surface area (Å²) in [5.74, 6) is 0. The zero-order valence-electron chi connectivity index (χ0n) is 11.1. The van der Waals surface area contributed by atoms with Gasteiger partial charge in [-0.1, -0.05) is 29.8 Å². The maximum atomic E-state index is 11.0. The van der Waals surface area contributed by atoms with Gasteiger partial charge >= 0.3 is 0 Å². The summed E-state index contributed by atoms with van der Waals surface area (Å²) in [6.45, 7) is 4.60. The summed E-state index contributed by atoms with van der Waals surface area (Å²) in [5, 5.41) is 23.6. The van der Waals surface area contributed by atoms with Gasteiger partial charge in [0.2, 0.25) is 0 Å². The standard InChI is InChI=1S/C13H19BrN2O3/c1-3-13(4-2,9-17)8-15-11-6-5-10(14)7-12(11)16(18)19/h5-7,15,17H,3-4,8-9H2,1-2H3. The molecule has 5 nitrogen and oxygen atoms in total. The topological polar surface area (TPSA) is 75.4 Å². The quantitative estimate of drug-likeness (QED) is 0.592. The van der Waals surface area contributed by atoms with Crippen LogP contribution < -0.4 is 5.32 Å². The van der Waals surface area contributed by atoms with Crippen LogP contribution in [-0.2, 0) is 0 Å². The molecule has 2 N–H and O–H groups in total. The van der Waals surface area contributed by atoms with E-state index in [9.17, 15) is 15.2 Å². The number of anilines is 1. The number of halogens is 1. The van der Waals surface area contributed by atoms with E-state index >= 15 is 0 Å². The number of nitrogens with one attached hydrogen (secondary N) is 1. The second-order valence-corrected chi connectivity index (χ2v) is 5.55. The molecule has 1 aromatic rings. The van der Waals surface area contributed by atoms with E-state index < -0.39 is 4.92 Å². The molecular weight excluding hydrogens is 312 g/mol. The molecule has 0 heterocycles. The number of nitro groups is 1. The monoisotopic (exact) mass is 330 g/mol. The molecular formula is C13H19BrN2O3. The normalized spacial score (nSPS) is 11.4. The minimum Gasteiger partial charge on any atom is -0.396 e. The molecule has 1 aromatic carbocycles. The SMILES string of the molecule is CCC(CC)(CO)CNc1ccc(Br)cc1[N+](=O)[O-]. The van der Waals surface area contributed by atoms with Crippen LogP contribution in [0.5, 0.6) is 0 Å². The van der Waals surface area contributed by atoms with Crippen molar-refractivity contribution in [1.29, 1.82) is 0 Å². The summed E-state index contributed by atoms with van der Waals surface area (Å²) in [4.78, 5) is 10.6. The Labute approximate surface area is 121 Å². The number of hydrogen-bond acceptors (Lipinski definition) is 4. The minimum atomic E-state index is -0.411. The highest BCUT2D eigenvalue weighted by atomic mass is 79.9. The molecule has 0 saturated carbocycles. The largest absolute Gasteiger partial charge is 0.396 e. The summed E-state index contributed by atoms with van der Waals surface area (Å²) >= 11 is 3.22. The predicted octanol–water partition coefficient (Wildman–Crippen LogP) is 3.57. The molecule has 0 amide bonds.